The van der Waals surface area contributed by atoms with Crippen LogP contribution >= 0.6 is 0 Å². The van der Waals surface area contributed by atoms with Crippen molar-refractivity contribution in [1.82, 2.24) is 19.4 Å². The molecular formula is C27H26N4O3. The molecule has 0 saturated carbocycles. The van der Waals surface area contributed by atoms with E-state index in [1.165, 1.54) is 5.56 Å². The molecular weight excluding hydrogens is 428 g/mol. The highest BCUT2D eigenvalue weighted by Crippen LogP contribution is 2.26. The van der Waals surface area contributed by atoms with Gasteiger partial charge in [0.05, 0.1) is 25.2 Å². The Balaban J connectivity index is 1.27. The van der Waals surface area contributed by atoms with E-state index in [0.29, 0.717) is 37.7 Å². The summed E-state index contributed by atoms with van der Waals surface area (Å²) in [5.41, 5.74) is 3.64. The highest BCUT2D eigenvalue weighted by molar-refractivity contribution is 5.94. The van der Waals surface area contributed by atoms with Crippen LogP contribution in [-0.2, 0) is 11.3 Å². The van der Waals surface area contributed by atoms with E-state index < -0.39 is 0 Å². The Bertz CT molecular complexity index is 1260. The number of carbonyl (C=O) groups excluding carboxylic acids is 1. The third-order valence-corrected chi connectivity index (χ3v) is 5.77. The van der Waals surface area contributed by atoms with Gasteiger partial charge in [0.15, 0.2) is 0 Å². The molecule has 2 aromatic heterocycles. The summed E-state index contributed by atoms with van der Waals surface area (Å²) in [6.45, 7) is 4.14. The molecule has 1 fully saturated rings. The minimum Gasteiger partial charge on any atom is -0.439 e. The normalized spacial score (nSPS) is 15.8. The Hall–Kier alpha value is -3.97. The molecule has 0 aliphatic carbocycles. The van der Waals surface area contributed by atoms with Crippen molar-refractivity contribution in [1.29, 1.82) is 0 Å². The first-order valence-corrected chi connectivity index (χ1v) is 11.3. The molecule has 34 heavy (non-hydrogen) atoms. The van der Waals surface area contributed by atoms with Crippen LogP contribution in [0.1, 0.15) is 33.3 Å². The van der Waals surface area contributed by atoms with Gasteiger partial charge in [0.25, 0.3) is 5.91 Å². The van der Waals surface area contributed by atoms with Crippen molar-refractivity contribution >= 4 is 5.91 Å². The van der Waals surface area contributed by atoms with E-state index in [4.69, 9.17) is 9.47 Å². The molecule has 1 amide bonds. The molecule has 1 saturated heterocycles. The summed E-state index contributed by atoms with van der Waals surface area (Å²) in [4.78, 5) is 23.8. The molecule has 1 unspecified atom stereocenters. The number of benzene rings is 2. The third kappa shape index (κ3) is 5.15. The van der Waals surface area contributed by atoms with Gasteiger partial charge in [-0.15, -0.1) is 0 Å². The maximum Gasteiger partial charge on any atom is 0.254 e. The first-order chi connectivity index (χ1) is 16.6. The van der Waals surface area contributed by atoms with Gasteiger partial charge in [-0.25, -0.2) is 9.97 Å². The number of pyridine rings is 1. The fraction of sp³-hybridized carbons (Fsp3) is 0.222. The van der Waals surface area contributed by atoms with Crippen LogP contribution < -0.4 is 4.74 Å². The van der Waals surface area contributed by atoms with Crippen LogP contribution in [0, 0.1) is 6.92 Å². The van der Waals surface area contributed by atoms with E-state index >= 15 is 0 Å². The van der Waals surface area contributed by atoms with Gasteiger partial charge in [-0.1, -0.05) is 35.9 Å². The molecule has 2 aromatic carbocycles. The summed E-state index contributed by atoms with van der Waals surface area (Å²) in [6.07, 6.45) is 5.11. The molecule has 0 spiro atoms. The van der Waals surface area contributed by atoms with Crippen molar-refractivity contribution in [3.05, 3.63) is 108 Å². The van der Waals surface area contributed by atoms with E-state index in [1.54, 1.807) is 12.5 Å². The number of nitrogens with zero attached hydrogens (tertiary/aromatic N) is 4. The average molecular weight is 455 g/mol. The highest BCUT2D eigenvalue weighted by atomic mass is 16.5. The molecule has 172 valence electrons. The second-order valence-electron chi connectivity index (χ2n) is 8.36. The molecule has 1 atom stereocenters. The summed E-state index contributed by atoms with van der Waals surface area (Å²) >= 11 is 0. The maximum absolute atomic E-state index is 13.3. The van der Waals surface area contributed by atoms with Crippen molar-refractivity contribution in [2.24, 2.45) is 0 Å². The Kier molecular flexibility index (Phi) is 6.35. The lowest BCUT2D eigenvalue weighted by Gasteiger charge is -2.33. The summed E-state index contributed by atoms with van der Waals surface area (Å²) < 4.78 is 13.9. The number of hydrogen-bond acceptors (Lipinski definition) is 5. The highest BCUT2D eigenvalue weighted by Gasteiger charge is 2.27. The molecule has 0 bridgehead atoms. The Morgan fingerprint density at radius 3 is 2.79 bits per heavy atom. The topological polar surface area (TPSA) is 69.5 Å². The molecule has 0 N–H and O–H groups in total. The molecule has 7 heteroatoms. The van der Waals surface area contributed by atoms with Gasteiger partial charge >= 0.3 is 0 Å². The molecule has 5 rings (SSSR count). The monoisotopic (exact) mass is 454 g/mol. The maximum atomic E-state index is 13.3. The van der Waals surface area contributed by atoms with E-state index in [1.807, 2.05) is 89.3 Å². The lowest BCUT2D eigenvalue weighted by atomic mass is 10.1. The minimum absolute atomic E-state index is 0.00663. The summed E-state index contributed by atoms with van der Waals surface area (Å²) in [6, 6.07) is 21.2. The van der Waals surface area contributed by atoms with Crippen LogP contribution in [0.3, 0.4) is 0 Å². The second kappa shape index (κ2) is 9.89. The van der Waals surface area contributed by atoms with Gasteiger partial charge in [0.2, 0.25) is 5.88 Å². The van der Waals surface area contributed by atoms with Crippen LogP contribution in [0.2, 0.25) is 0 Å². The van der Waals surface area contributed by atoms with Crippen LogP contribution in [0.5, 0.6) is 11.6 Å². The van der Waals surface area contributed by atoms with Gasteiger partial charge in [0.1, 0.15) is 11.9 Å². The number of hydrogen-bond donors (Lipinski definition) is 0. The van der Waals surface area contributed by atoms with E-state index in [0.717, 1.165) is 17.0 Å². The zero-order valence-electron chi connectivity index (χ0n) is 19.0. The smallest absolute Gasteiger partial charge is 0.254 e. The predicted molar refractivity (Wildman–Crippen MR) is 128 cm³/mol. The number of aryl methyl sites for hydroxylation is 1. The van der Waals surface area contributed by atoms with Crippen LogP contribution in [0.4, 0.5) is 0 Å². The van der Waals surface area contributed by atoms with Crippen LogP contribution in [0.15, 0.2) is 85.5 Å². The molecule has 1 aliphatic rings. The van der Waals surface area contributed by atoms with Crippen molar-refractivity contribution in [3.8, 4) is 11.6 Å². The van der Waals surface area contributed by atoms with Gasteiger partial charge < -0.3 is 18.9 Å². The number of carbonyl (C=O) groups is 1. The number of morpholine rings is 1. The largest absolute Gasteiger partial charge is 0.439 e. The third-order valence-electron chi connectivity index (χ3n) is 5.77. The molecule has 4 aromatic rings. The number of amides is 1. The fourth-order valence-corrected chi connectivity index (χ4v) is 3.98. The second-order valence-corrected chi connectivity index (χ2v) is 8.36. The van der Waals surface area contributed by atoms with Crippen LogP contribution in [0.25, 0.3) is 0 Å². The molecule has 1 aliphatic heterocycles. The van der Waals surface area contributed by atoms with Crippen molar-refractivity contribution in [3.63, 3.8) is 0 Å². The quantitative estimate of drug-likeness (QED) is 0.425. The van der Waals surface area contributed by atoms with Gasteiger partial charge in [-0.2, -0.15) is 0 Å². The molecule has 7 nitrogen and oxygen atoms in total. The van der Waals surface area contributed by atoms with Crippen molar-refractivity contribution < 1.29 is 14.3 Å². The fourth-order valence-electron chi connectivity index (χ4n) is 3.98. The van der Waals surface area contributed by atoms with Crippen molar-refractivity contribution in [2.45, 2.75) is 19.6 Å². The summed E-state index contributed by atoms with van der Waals surface area (Å²) in [5.74, 6) is 1.22. The SMILES string of the molecule is Cc1ccc(Oc2cccc(C3CN(C(=O)c4cccc(Cn5ccnc5)c4)CCO3)n2)cc1. The number of imidazole rings is 1. The molecule has 0 radical (unpaired) electrons. The zero-order valence-corrected chi connectivity index (χ0v) is 19.0. The van der Waals surface area contributed by atoms with Gasteiger partial charge in [-0.05, 0) is 42.8 Å². The minimum atomic E-state index is -0.312. The molecule has 3 heterocycles. The zero-order chi connectivity index (χ0) is 23.3. The number of aromatic nitrogens is 3. The van der Waals surface area contributed by atoms with Crippen molar-refractivity contribution in [2.75, 3.05) is 19.7 Å². The first kappa shape index (κ1) is 21.9. The van der Waals surface area contributed by atoms with E-state index in [2.05, 4.69) is 9.97 Å². The van der Waals surface area contributed by atoms with Gasteiger partial charge in [-0.3, -0.25) is 4.79 Å². The van der Waals surface area contributed by atoms with E-state index in [9.17, 15) is 4.79 Å². The predicted octanol–water partition coefficient (Wildman–Crippen LogP) is 4.64. The lowest BCUT2D eigenvalue weighted by Crippen LogP contribution is -2.42. The Morgan fingerprint density at radius 2 is 1.97 bits per heavy atom. The summed E-state index contributed by atoms with van der Waals surface area (Å²) in [7, 11) is 0. The van der Waals surface area contributed by atoms with E-state index in [-0.39, 0.29) is 12.0 Å². The number of ether oxygens (including phenoxy) is 2. The van der Waals surface area contributed by atoms with Crippen LogP contribution in [-0.4, -0.2) is 45.0 Å². The van der Waals surface area contributed by atoms with Gasteiger partial charge in [0, 0.05) is 37.1 Å². The standard InChI is InChI=1S/C27H26N4O3/c1-20-8-10-23(11-9-20)34-26-7-3-6-24(29-26)25-18-31(14-15-33-25)27(32)22-5-2-4-21(16-22)17-30-13-12-28-19-30/h2-13,16,19,25H,14-15,17-18H2,1H3. The number of rotatable bonds is 6. The Morgan fingerprint density at radius 1 is 1.12 bits per heavy atom. The summed E-state index contributed by atoms with van der Waals surface area (Å²) in [5, 5.41) is 0. The average Bonchev–Trinajstić information content (AvgIpc) is 3.38. The lowest BCUT2D eigenvalue weighted by molar-refractivity contribution is -0.0248. The first-order valence-electron chi connectivity index (χ1n) is 11.3. The Labute approximate surface area is 198 Å².